The molecule has 1 amide bonds. The van der Waals surface area contributed by atoms with Gasteiger partial charge in [0.15, 0.2) is 11.6 Å². The van der Waals surface area contributed by atoms with Gasteiger partial charge >= 0.3 is 0 Å². The molecule has 0 unspecified atom stereocenters. The summed E-state index contributed by atoms with van der Waals surface area (Å²) in [5.74, 6) is -0.231. The first-order chi connectivity index (χ1) is 10.0. The van der Waals surface area contributed by atoms with Gasteiger partial charge in [-0.05, 0) is 46.3 Å². The number of methoxy groups -OCH3 is 2. The third-order valence-electron chi connectivity index (χ3n) is 2.83. The van der Waals surface area contributed by atoms with E-state index in [4.69, 9.17) is 9.47 Å². The van der Waals surface area contributed by atoms with Crippen molar-refractivity contribution in [2.45, 2.75) is 0 Å². The Bertz CT molecular complexity index is 676. The maximum absolute atomic E-state index is 13.6. The first-order valence-corrected chi connectivity index (χ1v) is 6.83. The number of carbonyl (C=O) groups excluding carboxylic acids is 1. The number of nitrogens with one attached hydrogen (secondary N) is 1. The molecule has 21 heavy (non-hydrogen) atoms. The average molecular weight is 354 g/mol. The Morgan fingerprint density at radius 3 is 2.52 bits per heavy atom. The summed E-state index contributed by atoms with van der Waals surface area (Å²) in [5, 5.41) is 2.62. The summed E-state index contributed by atoms with van der Waals surface area (Å²) < 4.78 is 24.1. The molecule has 0 fully saturated rings. The number of anilines is 1. The van der Waals surface area contributed by atoms with E-state index in [-0.39, 0.29) is 11.7 Å². The van der Waals surface area contributed by atoms with E-state index in [1.165, 1.54) is 26.4 Å². The fourth-order valence-electron chi connectivity index (χ4n) is 1.75. The number of benzene rings is 2. The standard InChI is InChI=1S/C15H13BrFNO3/c1-20-10-4-5-12(16)11(8-10)15(19)18-9-3-6-14(21-2)13(17)7-9/h3-8H,1-2H3,(H,18,19). The highest BCUT2D eigenvalue weighted by Crippen LogP contribution is 2.25. The van der Waals surface area contributed by atoms with Gasteiger partial charge < -0.3 is 14.8 Å². The predicted molar refractivity (Wildman–Crippen MR) is 81.6 cm³/mol. The predicted octanol–water partition coefficient (Wildman–Crippen LogP) is 3.86. The van der Waals surface area contributed by atoms with Crippen LogP contribution in [0.25, 0.3) is 0 Å². The molecule has 2 rings (SSSR count). The molecule has 1 N–H and O–H groups in total. The molecular weight excluding hydrogens is 341 g/mol. The first-order valence-electron chi connectivity index (χ1n) is 6.03. The second kappa shape index (κ2) is 6.58. The van der Waals surface area contributed by atoms with Gasteiger partial charge in [-0.15, -0.1) is 0 Å². The zero-order valence-corrected chi connectivity index (χ0v) is 13.0. The van der Waals surface area contributed by atoms with Crippen LogP contribution < -0.4 is 14.8 Å². The minimum absolute atomic E-state index is 0.121. The van der Waals surface area contributed by atoms with E-state index in [1.807, 2.05) is 0 Å². The van der Waals surface area contributed by atoms with Crippen molar-refractivity contribution in [2.24, 2.45) is 0 Å². The molecular formula is C15H13BrFNO3. The van der Waals surface area contributed by atoms with Crippen molar-refractivity contribution in [3.05, 3.63) is 52.3 Å². The molecule has 0 aliphatic rings. The van der Waals surface area contributed by atoms with Crippen molar-refractivity contribution < 1.29 is 18.7 Å². The molecule has 0 radical (unpaired) electrons. The Morgan fingerprint density at radius 1 is 1.14 bits per heavy atom. The lowest BCUT2D eigenvalue weighted by Crippen LogP contribution is -2.13. The maximum atomic E-state index is 13.6. The maximum Gasteiger partial charge on any atom is 0.256 e. The summed E-state index contributed by atoms with van der Waals surface area (Å²) in [6, 6.07) is 9.25. The molecule has 0 spiro atoms. The topological polar surface area (TPSA) is 47.6 Å². The lowest BCUT2D eigenvalue weighted by Gasteiger charge is -2.09. The fourth-order valence-corrected chi connectivity index (χ4v) is 2.17. The highest BCUT2D eigenvalue weighted by atomic mass is 79.9. The largest absolute Gasteiger partial charge is 0.497 e. The lowest BCUT2D eigenvalue weighted by molar-refractivity contribution is 0.102. The SMILES string of the molecule is COc1ccc(Br)c(C(=O)Nc2ccc(OC)c(F)c2)c1. The molecule has 0 saturated heterocycles. The molecule has 0 saturated carbocycles. The van der Waals surface area contributed by atoms with E-state index in [0.29, 0.717) is 21.5 Å². The summed E-state index contributed by atoms with van der Waals surface area (Å²) in [6.45, 7) is 0. The van der Waals surface area contributed by atoms with E-state index >= 15 is 0 Å². The van der Waals surface area contributed by atoms with Crippen LogP contribution >= 0.6 is 15.9 Å². The van der Waals surface area contributed by atoms with Gasteiger partial charge in [0.05, 0.1) is 19.8 Å². The highest BCUT2D eigenvalue weighted by molar-refractivity contribution is 9.10. The molecule has 4 nitrogen and oxygen atoms in total. The number of amides is 1. The van der Waals surface area contributed by atoms with Crippen molar-refractivity contribution in [1.82, 2.24) is 0 Å². The normalized spacial score (nSPS) is 10.1. The second-order valence-corrected chi connectivity index (χ2v) is 5.00. The fraction of sp³-hybridized carbons (Fsp3) is 0.133. The smallest absolute Gasteiger partial charge is 0.256 e. The first kappa shape index (κ1) is 15.3. The van der Waals surface area contributed by atoms with Crippen LogP contribution in [0.1, 0.15) is 10.4 Å². The van der Waals surface area contributed by atoms with Crippen LogP contribution in [0.5, 0.6) is 11.5 Å². The van der Waals surface area contributed by atoms with Crippen LogP contribution in [-0.2, 0) is 0 Å². The molecule has 0 bridgehead atoms. The summed E-state index contributed by atoms with van der Waals surface area (Å²) >= 11 is 3.30. The van der Waals surface area contributed by atoms with Gasteiger partial charge in [-0.2, -0.15) is 0 Å². The van der Waals surface area contributed by atoms with E-state index in [9.17, 15) is 9.18 Å². The van der Waals surface area contributed by atoms with Crippen LogP contribution in [0.3, 0.4) is 0 Å². The average Bonchev–Trinajstić information content (AvgIpc) is 2.48. The van der Waals surface area contributed by atoms with Crippen LogP contribution in [0.4, 0.5) is 10.1 Å². The van der Waals surface area contributed by atoms with Crippen molar-refractivity contribution in [3.63, 3.8) is 0 Å². The van der Waals surface area contributed by atoms with Crippen molar-refractivity contribution in [3.8, 4) is 11.5 Å². The quantitative estimate of drug-likeness (QED) is 0.907. The number of carbonyl (C=O) groups is 1. The van der Waals surface area contributed by atoms with Gasteiger partial charge in [0, 0.05) is 16.2 Å². The zero-order valence-electron chi connectivity index (χ0n) is 11.4. The van der Waals surface area contributed by atoms with Crippen molar-refractivity contribution in [1.29, 1.82) is 0 Å². The van der Waals surface area contributed by atoms with Gasteiger partial charge in [0.2, 0.25) is 0 Å². The third-order valence-corrected chi connectivity index (χ3v) is 3.52. The number of hydrogen-bond acceptors (Lipinski definition) is 3. The highest BCUT2D eigenvalue weighted by Gasteiger charge is 2.13. The summed E-state index contributed by atoms with van der Waals surface area (Å²) in [4.78, 5) is 12.2. The number of halogens is 2. The number of hydrogen-bond donors (Lipinski definition) is 1. The Balaban J connectivity index is 2.23. The molecule has 0 heterocycles. The summed E-state index contributed by atoms with van der Waals surface area (Å²) in [6.07, 6.45) is 0. The summed E-state index contributed by atoms with van der Waals surface area (Å²) in [5.41, 5.74) is 0.735. The molecule has 2 aromatic carbocycles. The third kappa shape index (κ3) is 3.52. The summed E-state index contributed by atoms with van der Waals surface area (Å²) in [7, 11) is 2.90. The zero-order chi connectivity index (χ0) is 15.4. The van der Waals surface area contributed by atoms with Crippen molar-refractivity contribution in [2.75, 3.05) is 19.5 Å². The minimum Gasteiger partial charge on any atom is -0.497 e. The van der Waals surface area contributed by atoms with Crippen LogP contribution in [0, 0.1) is 5.82 Å². The molecule has 110 valence electrons. The molecule has 2 aromatic rings. The molecule has 0 aliphatic carbocycles. The van der Waals surface area contributed by atoms with Gasteiger partial charge in [-0.1, -0.05) is 0 Å². The van der Waals surface area contributed by atoms with Crippen LogP contribution in [-0.4, -0.2) is 20.1 Å². The van der Waals surface area contributed by atoms with E-state index in [2.05, 4.69) is 21.2 Å². The van der Waals surface area contributed by atoms with E-state index in [0.717, 1.165) is 0 Å². The van der Waals surface area contributed by atoms with Crippen LogP contribution in [0.15, 0.2) is 40.9 Å². The molecule has 0 aliphatic heterocycles. The molecule has 0 atom stereocenters. The lowest BCUT2D eigenvalue weighted by atomic mass is 10.2. The van der Waals surface area contributed by atoms with Crippen LogP contribution in [0.2, 0.25) is 0 Å². The molecule has 0 aromatic heterocycles. The number of ether oxygens (including phenoxy) is 2. The minimum atomic E-state index is -0.542. The van der Waals surface area contributed by atoms with E-state index < -0.39 is 5.82 Å². The molecule has 6 heteroatoms. The van der Waals surface area contributed by atoms with Crippen molar-refractivity contribution >= 4 is 27.5 Å². The Kier molecular flexibility index (Phi) is 4.80. The van der Waals surface area contributed by atoms with E-state index in [1.54, 1.807) is 24.3 Å². The number of rotatable bonds is 4. The van der Waals surface area contributed by atoms with Gasteiger partial charge in [0.1, 0.15) is 5.75 Å². The monoisotopic (exact) mass is 353 g/mol. The second-order valence-electron chi connectivity index (χ2n) is 4.15. The Hall–Kier alpha value is -2.08. The Morgan fingerprint density at radius 2 is 1.90 bits per heavy atom. The van der Waals surface area contributed by atoms with Gasteiger partial charge in [0.25, 0.3) is 5.91 Å². The Labute approximate surface area is 130 Å². The van der Waals surface area contributed by atoms with Gasteiger partial charge in [-0.25, -0.2) is 4.39 Å². The van der Waals surface area contributed by atoms with Gasteiger partial charge in [-0.3, -0.25) is 4.79 Å².